The second kappa shape index (κ2) is 10.1. The van der Waals surface area contributed by atoms with E-state index >= 15 is 0 Å². The maximum absolute atomic E-state index is 12.6. The van der Waals surface area contributed by atoms with Crippen LogP contribution in [0.15, 0.2) is 48.5 Å². The molecular formula is C23H22ClN3O4. The summed E-state index contributed by atoms with van der Waals surface area (Å²) in [5.41, 5.74) is 1.55. The number of hydrogen-bond acceptors (Lipinski definition) is 5. The molecule has 1 aliphatic rings. The fraction of sp³-hybridized carbons (Fsp3) is 0.304. The molecule has 0 aromatic heterocycles. The van der Waals surface area contributed by atoms with Gasteiger partial charge in [0, 0.05) is 29.4 Å². The van der Waals surface area contributed by atoms with Gasteiger partial charge in [-0.25, -0.2) is 0 Å². The molecule has 1 unspecified atom stereocenters. The number of rotatable bonds is 5. The lowest BCUT2D eigenvalue weighted by atomic mass is 9.96. The highest BCUT2D eigenvalue weighted by molar-refractivity contribution is 6.30. The van der Waals surface area contributed by atoms with E-state index in [0.29, 0.717) is 47.8 Å². The van der Waals surface area contributed by atoms with Gasteiger partial charge in [-0.05, 0) is 68.3 Å². The highest BCUT2D eigenvalue weighted by atomic mass is 35.5. The molecule has 31 heavy (non-hydrogen) atoms. The number of anilines is 1. The van der Waals surface area contributed by atoms with Gasteiger partial charge in [0.2, 0.25) is 0 Å². The maximum atomic E-state index is 12.6. The number of esters is 1. The largest absolute Gasteiger partial charge is 0.452 e. The van der Waals surface area contributed by atoms with Crippen LogP contribution in [-0.2, 0) is 14.3 Å². The summed E-state index contributed by atoms with van der Waals surface area (Å²) in [6, 6.07) is 15.1. The molecule has 0 aliphatic carbocycles. The van der Waals surface area contributed by atoms with Gasteiger partial charge in [-0.2, -0.15) is 5.26 Å². The van der Waals surface area contributed by atoms with E-state index in [-0.39, 0.29) is 11.8 Å². The zero-order valence-electron chi connectivity index (χ0n) is 17.0. The Morgan fingerprint density at radius 3 is 2.29 bits per heavy atom. The van der Waals surface area contributed by atoms with E-state index in [0.717, 1.165) is 0 Å². The molecule has 0 spiro atoms. The molecule has 0 saturated carbocycles. The molecule has 2 amide bonds. The second-order valence-corrected chi connectivity index (χ2v) is 7.77. The summed E-state index contributed by atoms with van der Waals surface area (Å²) in [4.78, 5) is 39.0. The Balaban J connectivity index is 1.47. The normalized spacial score (nSPS) is 14.9. The third-order valence-corrected chi connectivity index (χ3v) is 5.40. The first-order chi connectivity index (χ1) is 14.9. The standard InChI is InChI=1S/C23H22ClN3O4/c1-15(21(28)26-20-8-2-16(14-25)3-9-20)31-23(30)18-10-12-27(13-11-18)22(29)17-4-6-19(24)7-5-17/h2-9,15,18H,10-13H2,1H3,(H,26,28). The number of benzene rings is 2. The number of carbonyl (C=O) groups is 3. The van der Waals surface area contributed by atoms with E-state index in [1.54, 1.807) is 53.4 Å². The van der Waals surface area contributed by atoms with E-state index in [1.165, 1.54) is 6.92 Å². The fourth-order valence-corrected chi connectivity index (χ4v) is 3.42. The molecule has 0 radical (unpaired) electrons. The number of carbonyl (C=O) groups excluding carboxylic acids is 3. The van der Waals surface area contributed by atoms with Crippen molar-refractivity contribution in [3.8, 4) is 6.07 Å². The lowest BCUT2D eigenvalue weighted by molar-refractivity contribution is -0.158. The molecular weight excluding hydrogens is 418 g/mol. The Morgan fingerprint density at radius 2 is 1.71 bits per heavy atom. The number of ether oxygens (including phenoxy) is 1. The molecule has 1 N–H and O–H groups in total. The minimum Gasteiger partial charge on any atom is -0.452 e. The van der Waals surface area contributed by atoms with Crippen LogP contribution in [0.5, 0.6) is 0 Å². The number of nitrogens with zero attached hydrogens (tertiary/aromatic N) is 2. The second-order valence-electron chi connectivity index (χ2n) is 7.33. The van der Waals surface area contributed by atoms with Crippen LogP contribution in [0.3, 0.4) is 0 Å². The number of piperidine rings is 1. The SMILES string of the molecule is CC(OC(=O)C1CCN(C(=O)c2ccc(Cl)cc2)CC1)C(=O)Nc1ccc(C#N)cc1. The van der Waals surface area contributed by atoms with Crippen LogP contribution < -0.4 is 5.32 Å². The van der Waals surface area contributed by atoms with E-state index in [4.69, 9.17) is 21.6 Å². The summed E-state index contributed by atoms with van der Waals surface area (Å²) in [6.07, 6.45) is -0.0126. The highest BCUT2D eigenvalue weighted by Gasteiger charge is 2.30. The van der Waals surface area contributed by atoms with Gasteiger partial charge in [-0.1, -0.05) is 11.6 Å². The Kier molecular flexibility index (Phi) is 7.27. The molecule has 0 bridgehead atoms. The zero-order chi connectivity index (χ0) is 22.4. The zero-order valence-corrected chi connectivity index (χ0v) is 17.8. The molecule has 1 atom stereocenters. The third kappa shape index (κ3) is 5.83. The van der Waals surface area contributed by atoms with Crippen molar-refractivity contribution in [1.29, 1.82) is 5.26 Å². The van der Waals surface area contributed by atoms with Crippen LogP contribution in [0.25, 0.3) is 0 Å². The van der Waals surface area contributed by atoms with Crippen LogP contribution >= 0.6 is 11.6 Å². The summed E-state index contributed by atoms with van der Waals surface area (Å²) < 4.78 is 5.34. The molecule has 160 valence electrons. The predicted octanol–water partition coefficient (Wildman–Crippen LogP) is 3.63. The smallest absolute Gasteiger partial charge is 0.309 e. The minimum atomic E-state index is -0.961. The molecule has 1 fully saturated rings. The lowest BCUT2D eigenvalue weighted by Gasteiger charge is -2.31. The first-order valence-corrected chi connectivity index (χ1v) is 10.3. The van der Waals surface area contributed by atoms with Crippen molar-refractivity contribution in [2.24, 2.45) is 5.92 Å². The van der Waals surface area contributed by atoms with Crippen molar-refractivity contribution in [3.63, 3.8) is 0 Å². The van der Waals surface area contributed by atoms with Gasteiger partial charge in [0.25, 0.3) is 11.8 Å². The number of amides is 2. The molecule has 3 rings (SSSR count). The predicted molar refractivity (Wildman–Crippen MR) is 115 cm³/mol. The van der Waals surface area contributed by atoms with Crippen molar-refractivity contribution in [2.45, 2.75) is 25.9 Å². The highest BCUT2D eigenvalue weighted by Crippen LogP contribution is 2.22. The Bertz CT molecular complexity index is 991. The summed E-state index contributed by atoms with van der Waals surface area (Å²) in [7, 11) is 0. The molecule has 2 aromatic carbocycles. The van der Waals surface area contributed by atoms with Crippen molar-refractivity contribution in [3.05, 3.63) is 64.7 Å². The third-order valence-electron chi connectivity index (χ3n) is 5.15. The van der Waals surface area contributed by atoms with Crippen LogP contribution in [0.1, 0.15) is 35.7 Å². The van der Waals surface area contributed by atoms with Gasteiger partial charge in [0.1, 0.15) is 0 Å². The van der Waals surface area contributed by atoms with Crippen molar-refractivity contribution in [2.75, 3.05) is 18.4 Å². The van der Waals surface area contributed by atoms with Crippen LogP contribution in [0.2, 0.25) is 5.02 Å². The first kappa shape index (κ1) is 22.3. The Labute approximate surface area is 185 Å². The molecule has 2 aromatic rings. The van der Waals surface area contributed by atoms with Gasteiger partial charge in [0.05, 0.1) is 17.6 Å². The van der Waals surface area contributed by atoms with E-state index in [9.17, 15) is 14.4 Å². The summed E-state index contributed by atoms with van der Waals surface area (Å²) in [5.74, 6) is -1.35. The topological polar surface area (TPSA) is 99.5 Å². The minimum absolute atomic E-state index is 0.0985. The van der Waals surface area contributed by atoms with Gasteiger partial charge < -0.3 is 15.0 Å². The number of hydrogen-bond donors (Lipinski definition) is 1. The quantitative estimate of drug-likeness (QED) is 0.717. The van der Waals surface area contributed by atoms with E-state index in [2.05, 4.69) is 5.32 Å². The van der Waals surface area contributed by atoms with Crippen LogP contribution in [0, 0.1) is 17.2 Å². The molecule has 1 aliphatic heterocycles. The summed E-state index contributed by atoms with van der Waals surface area (Å²) in [5, 5.41) is 12.0. The average Bonchev–Trinajstić information content (AvgIpc) is 2.79. The molecule has 8 heteroatoms. The molecule has 7 nitrogen and oxygen atoms in total. The van der Waals surface area contributed by atoms with Crippen molar-refractivity contribution >= 4 is 35.1 Å². The summed E-state index contributed by atoms with van der Waals surface area (Å²) >= 11 is 5.86. The van der Waals surface area contributed by atoms with Crippen LogP contribution in [-0.4, -0.2) is 41.9 Å². The Morgan fingerprint density at radius 1 is 1.10 bits per heavy atom. The Hall–Kier alpha value is -3.37. The number of likely N-dealkylation sites (tertiary alicyclic amines) is 1. The maximum Gasteiger partial charge on any atom is 0.309 e. The van der Waals surface area contributed by atoms with Crippen molar-refractivity contribution < 1.29 is 19.1 Å². The van der Waals surface area contributed by atoms with E-state index in [1.807, 2.05) is 6.07 Å². The number of nitriles is 1. The van der Waals surface area contributed by atoms with Gasteiger partial charge in [-0.15, -0.1) is 0 Å². The van der Waals surface area contributed by atoms with Crippen LogP contribution in [0.4, 0.5) is 5.69 Å². The monoisotopic (exact) mass is 439 g/mol. The average molecular weight is 440 g/mol. The number of nitrogens with one attached hydrogen (secondary N) is 1. The van der Waals surface area contributed by atoms with Gasteiger partial charge in [0.15, 0.2) is 6.10 Å². The fourth-order valence-electron chi connectivity index (χ4n) is 3.29. The van der Waals surface area contributed by atoms with Gasteiger partial charge in [-0.3, -0.25) is 14.4 Å². The number of halogens is 1. The van der Waals surface area contributed by atoms with E-state index < -0.39 is 18.0 Å². The summed E-state index contributed by atoms with van der Waals surface area (Å²) in [6.45, 7) is 2.39. The lowest BCUT2D eigenvalue weighted by Crippen LogP contribution is -2.41. The molecule has 1 saturated heterocycles. The van der Waals surface area contributed by atoms with Crippen molar-refractivity contribution in [1.82, 2.24) is 4.90 Å². The molecule has 1 heterocycles. The first-order valence-electron chi connectivity index (χ1n) is 9.93. The van der Waals surface area contributed by atoms with Gasteiger partial charge >= 0.3 is 5.97 Å².